The van der Waals surface area contributed by atoms with Crippen LogP contribution in [0.3, 0.4) is 0 Å². The number of ether oxygens (including phenoxy) is 1. The number of carbonyl (C=O) groups excluding carboxylic acids is 2. The molecule has 1 heterocycles. The normalized spacial score (nSPS) is 12.9. The third kappa shape index (κ3) is 6.01. The first kappa shape index (κ1) is 24.7. The summed E-state index contributed by atoms with van der Waals surface area (Å²) < 4.78 is 5.52. The van der Waals surface area contributed by atoms with E-state index in [1.165, 1.54) is 23.1 Å². The molecule has 0 saturated heterocycles. The third-order valence-corrected chi connectivity index (χ3v) is 7.14. The number of aromatic nitrogens is 1. The lowest BCUT2D eigenvalue weighted by Gasteiger charge is -2.14. The molecule has 0 aliphatic heterocycles. The second-order valence-corrected chi connectivity index (χ2v) is 9.85. The number of nitrogens with one attached hydrogen (secondary N) is 2. The Morgan fingerprint density at radius 3 is 2.40 bits per heavy atom. The highest BCUT2D eigenvalue weighted by molar-refractivity contribution is 7.98. The SMILES string of the molecule is CSCCC(NC(=O)Cc1csc(NC(=O)OCC2c3ccccc3-c3ccccc32)n1)C(=O)O. The average molecular weight is 512 g/mol. The first-order valence-electron chi connectivity index (χ1n) is 11.0. The van der Waals surface area contributed by atoms with Crippen molar-refractivity contribution in [2.75, 3.05) is 23.9 Å². The molecule has 35 heavy (non-hydrogen) atoms. The Balaban J connectivity index is 1.30. The smallest absolute Gasteiger partial charge is 0.413 e. The molecule has 182 valence electrons. The van der Waals surface area contributed by atoms with Gasteiger partial charge in [0.2, 0.25) is 5.91 Å². The number of benzene rings is 2. The lowest BCUT2D eigenvalue weighted by molar-refractivity contribution is -0.141. The molecule has 0 fully saturated rings. The molecule has 0 saturated carbocycles. The number of amides is 2. The number of nitrogens with zero attached hydrogens (tertiary/aromatic N) is 1. The second-order valence-electron chi connectivity index (χ2n) is 8.01. The molecule has 2 amide bonds. The zero-order chi connectivity index (χ0) is 24.8. The van der Waals surface area contributed by atoms with E-state index >= 15 is 0 Å². The topological polar surface area (TPSA) is 118 Å². The first-order valence-corrected chi connectivity index (χ1v) is 13.3. The fourth-order valence-corrected chi connectivity index (χ4v) is 5.24. The van der Waals surface area contributed by atoms with Gasteiger partial charge in [-0.1, -0.05) is 48.5 Å². The molecule has 3 aromatic rings. The van der Waals surface area contributed by atoms with Crippen molar-refractivity contribution in [2.45, 2.75) is 24.8 Å². The largest absolute Gasteiger partial charge is 0.480 e. The zero-order valence-corrected chi connectivity index (χ0v) is 20.7. The Bertz CT molecular complexity index is 1180. The molecule has 0 bridgehead atoms. The van der Waals surface area contributed by atoms with Crippen LogP contribution in [0.4, 0.5) is 9.93 Å². The van der Waals surface area contributed by atoms with Crippen molar-refractivity contribution < 1.29 is 24.2 Å². The molecule has 0 radical (unpaired) electrons. The fourth-order valence-electron chi connectivity index (χ4n) is 4.07. The van der Waals surface area contributed by atoms with E-state index < -0.39 is 24.0 Å². The number of carboxylic acids is 1. The predicted molar refractivity (Wildman–Crippen MR) is 137 cm³/mol. The van der Waals surface area contributed by atoms with Gasteiger partial charge < -0.3 is 15.2 Å². The standard InChI is InChI=1S/C25H25N3O5S2/c1-34-11-10-21(23(30)31)27-22(29)12-15-14-35-24(26-15)28-25(32)33-13-20-18-8-4-2-6-16(18)17-7-3-5-9-19(17)20/h2-9,14,20-21H,10-13H2,1H3,(H,27,29)(H,30,31)(H,26,28,32). The summed E-state index contributed by atoms with van der Waals surface area (Å²) in [6.07, 6.45) is 1.52. The van der Waals surface area contributed by atoms with E-state index in [4.69, 9.17) is 4.74 Å². The lowest BCUT2D eigenvalue weighted by Crippen LogP contribution is -2.41. The van der Waals surface area contributed by atoms with Gasteiger partial charge in [-0.2, -0.15) is 11.8 Å². The van der Waals surface area contributed by atoms with E-state index in [9.17, 15) is 19.5 Å². The van der Waals surface area contributed by atoms with Gasteiger partial charge in [-0.05, 0) is 40.7 Å². The molecule has 1 aliphatic rings. The minimum absolute atomic E-state index is 0.0445. The third-order valence-electron chi connectivity index (χ3n) is 5.69. The lowest BCUT2D eigenvalue weighted by atomic mass is 9.98. The minimum Gasteiger partial charge on any atom is -0.480 e. The van der Waals surface area contributed by atoms with Crippen LogP contribution in [0.25, 0.3) is 11.1 Å². The molecule has 0 spiro atoms. The Labute approximate surface area is 211 Å². The fraction of sp³-hybridized carbons (Fsp3) is 0.280. The zero-order valence-electron chi connectivity index (χ0n) is 19.0. The van der Waals surface area contributed by atoms with Crippen LogP contribution in [-0.2, 0) is 20.7 Å². The number of hydrogen-bond donors (Lipinski definition) is 3. The van der Waals surface area contributed by atoms with Crippen LogP contribution in [0.15, 0.2) is 53.9 Å². The summed E-state index contributed by atoms with van der Waals surface area (Å²) >= 11 is 2.69. The molecular formula is C25H25N3O5S2. The molecule has 10 heteroatoms. The highest BCUT2D eigenvalue weighted by Gasteiger charge is 2.29. The maximum atomic E-state index is 12.4. The van der Waals surface area contributed by atoms with Gasteiger partial charge in [0, 0.05) is 11.3 Å². The van der Waals surface area contributed by atoms with Gasteiger partial charge in [0.25, 0.3) is 0 Å². The van der Waals surface area contributed by atoms with E-state index in [2.05, 4.69) is 39.9 Å². The van der Waals surface area contributed by atoms with E-state index in [0.717, 1.165) is 22.3 Å². The molecule has 8 nitrogen and oxygen atoms in total. The van der Waals surface area contributed by atoms with Crippen molar-refractivity contribution in [1.82, 2.24) is 10.3 Å². The van der Waals surface area contributed by atoms with Crippen molar-refractivity contribution in [2.24, 2.45) is 0 Å². The summed E-state index contributed by atoms with van der Waals surface area (Å²) in [5, 5.41) is 16.3. The summed E-state index contributed by atoms with van der Waals surface area (Å²) in [5.74, 6) is -0.918. The van der Waals surface area contributed by atoms with E-state index in [0.29, 0.717) is 23.0 Å². The quantitative estimate of drug-likeness (QED) is 0.370. The Kier molecular flexibility index (Phi) is 8.04. The highest BCUT2D eigenvalue weighted by atomic mass is 32.2. The predicted octanol–water partition coefficient (Wildman–Crippen LogP) is 4.37. The first-order chi connectivity index (χ1) is 17.0. The number of thioether (sulfide) groups is 1. The maximum absolute atomic E-state index is 12.4. The van der Waals surface area contributed by atoms with Crippen molar-refractivity contribution in [3.8, 4) is 11.1 Å². The highest BCUT2D eigenvalue weighted by Crippen LogP contribution is 2.44. The monoisotopic (exact) mass is 511 g/mol. The summed E-state index contributed by atoms with van der Waals surface area (Å²) in [6.45, 7) is 0.188. The number of aliphatic carboxylic acids is 1. The molecule has 1 atom stereocenters. The minimum atomic E-state index is -1.07. The molecule has 1 aliphatic carbocycles. The number of carbonyl (C=O) groups is 3. The van der Waals surface area contributed by atoms with Gasteiger partial charge in [0.15, 0.2) is 5.13 Å². The Hall–Kier alpha value is -3.37. The van der Waals surface area contributed by atoms with Gasteiger partial charge in [-0.3, -0.25) is 10.1 Å². The van der Waals surface area contributed by atoms with Gasteiger partial charge >= 0.3 is 12.1 Å². The van der Waals surface area contributed by atoms with E-state index in [1.807, 2.05) is 30.5 Å². The number of rotatable bonds is 10. The van der Waals surface area contributed by atoms with Crippen LogP contribution in [0.5, 0.6) is 0 Å². The van der Waals surface area contributed by atoms with Gasteiger partial charge in [0.1, 0.15) is 12.6 Å². The molecule has 3 N–H and O–H groups in total. The molecule has 1 aromatic heterocycles. The van der Waals surface area contributed by atoms with Crippen LogP contribution in [0.2, 0.25) is 0 Å². The second kappa shape index (κ2) is 11.4. The number of fused-ring (bicyclic) bond motifs is 3. The van der Waals surface area contributed by atoms with Gasteiger partial charge in [-0.25, -0.2) is 14.6 Å². The summed E-state index contributed by atoms with van der Waals surface area (Å²) in [4.78, 5) is 40.2. The Morgan fingerprint density at radius 1 is 1.11 bits per heavy atom. The van der Waals surface area contributed by atoms with Gasteiger partial charge in [-0.15, -0.1) is 11.3 Å². The molecule has 2 aromatic carbocycles. The molecular weight excluding hydrogens is 486 g/mol. The molecule has 1 unspecified atom stereocenters. The van der Waals surface area contributed by atoms with Gasteiger partial charge in [0.05, 0.1) is 12.1 Å². The number of carboxylic acid groups (broad SMARTS) is 1. The number of thiazole rings is 1. The van der Waals surface area contributed by atoms with Crippen molar-refractivity contribution in [3.05, 3.63) is 70.7 Å². The van der Waals surface area contributed by atoms with Crippen molar-refractivity contribution >= 4 is 46.2 Å². The van der Waals surface area contributed by atoms with Crippen molar-refractivity contribution in [1.29, 1.82) is 0 Å². The van der Waals surface area contributed by atoms with Crippen molar-refractivity contribution in [3.63, 3.8) is 0 Å². The summed E-state index contributed by atoms with van der Waals surface area (Å²) in [7, 11) is 0. The van der Waals surface area contributed by atoms with Crippen LogP contribution < -0.4 is 10.6 Å². The van der Waals surface area contributed by atoms with Crippen LogP contribution in [0, 0.1) is 0 Å². The van der Waals surface area contributed by atoms with E-state index in [-0.39, 0.29) is 18.9 Å². The number of anilines is 1. The maximum Gasteiger partial charge on any atom is 0.413 e. The molecule has 4 rings (SSSR count). The van der Waals surface area contributed by atoms with Crippen LogP contribution >= 0.6 is 23.1 Å². The summed E-state index contributed by atoms with van der Waals surface area (Å²) in [6, 6.07) is 15.3. The Morgan fingerprint density at radius 2 is 1.77 bits per heavy atom. The number of hydrogen-bond acceptors (Lipinski definition) is 7. The van der Waals surface area contributed by atoms with Crippen LogP contribution in [0.1, 0.15) is 29.2 Å². The van der Waals surface area contributed by atoms with E-state index in [1.54, 1.807) is 5.38 Å². The average Bonchev–Trinajstić information content (AvgIpc) is 3.41. The summed E-state index contributed by atoms with van der Waals surface area (Å²) in [5.41, 5.74) is 5.00. The van der Waals surface area contributed by atoms with Crippen LogP contribution in [-0.4, -0.2) is 52.7 Å².